The highest BCUT2D eigenvalue weighted by Crippen LogP contribution is 2.44. The van der Waals surface area contributed by atoms with Crippen LogP contribution in [-0.2, 0) is 10.2 Å². The number of imide groups is 1. The Hall–Kier alpha value is -5.96. The number of carbonyl (C=O) groups is 3. The van der Waals surface area contributed by atoms with Crippen molar-refractivity contribution in [3.8, 4) is 11.3 Å². The number of aryl methyl sites for hydroxylation is 1. The third kappa shape index (κ3) is 8.39. The predicted octanol–water partition coefficient (Wildman–Crippen LogP) is 6.54. The molecular formula is C46H55N11O4. The molecule has 0 bridgehead atoms. The van der Waals surface area contributed by atoms with Gasteiger partial charge >= 0.3 is 17.8 Å². The summed E-state index contributed by atoms with van der Waals surface area (Å²) in [6.45, 7) is 15.7. The van der Waals surface area contributed by atoms with Gasteiger partial charge in [-0.25, -0.2) is 14.8 Å². The summed E-state index contributed by atoms with van der Waals surface area (Å²) in [5.74, 6) is 1.82. The van der Waals surface area contributed by atoms with E-state index >= 15 is 0 Å². The van der Waals surface area contributed by atoms with Crippen molar-refractivity contribution in [2.24, 2.45) is 16.8 Å². The minimum atomic E-state index is -0.403. The van der Waals surface area contributed by atoms with Gasteiger partial charge in [0.05, 0.1) is 17.8 Å². The summed E-state index contributed by atoms with van der Waals surface area (Å²) in [4.78, 5) is 62.4. The first kappa shape index (κ1) is 40.4. The first-order valence-electron chi connectivity index (χ1n) is 21.7. The summed E-state index contributed by atoms with van der Waals surface area (Å²) in [6, 6.07) is 13.7. The van der Waals surface area contributed by atoms with Crippen LogP contribution in [0.3, 0.4) is 0 Å². The molecule has 4 aromatic rings. The lowest BCUT2D eigenvalue weighted by Crippen LogP contribution is -2.49. The van der Waals surface area contributed by atoms with E-state index in [2.05, 4.69) is 77.4 Å². The largest absolute Gasteiger partial charge is 0.372 e. The number of piperidine rings is 2. The van der Waals surface area contributed by atoms with E-state index in [1.807, 2.05) is 52.8 Å². The molecule has 7 heterocycles. The Bertz CT molecular complexity index is 2370. The average Bonchev–Trinajstić information content (AvgIpc) is 3.91. The third-order valence-electron chi connectivity index (χ3n) is 13.0. The number of amides is 4. The molecule has 0 radical (unpaired) electrons. The van der Waals surface area contributed by atoms with Gasteiger partial charge in [-0.2, -0.15) is 4.98 Å². The summed E-state index contributed by atoms with van der Waals surface area (Å²) >= 11 is 0. The molecule has 4 amide bonds. The fourth-order valence-corrected chi connectivity index (χ4v) is 9.50. The second-order valence-electron chi connectivity index (χ2n) is 18.3. The monoisotopic (exact) mass is 825 g/mol. The van der Waals surface area contributed by atoms with Gasteiger partial charge in [0, 0.05) is 66.7 Å². The lowest BCUT2D eigenvalue weighted by molar-refractivity contribution is -0.120. The second kappa shape index (κ2) is 16.5. The molecule has 9 rings (SSSR count). The van der Waals surface area contributed by atoms with Gasteiger partial charge in [-0.05, 0) is 111 Å². The van der Waals surface area contributed by atoms with Crippen LogP contribution in [0.5, 0.6) is 0 Å². The topological polar surface area (TPSA) is 174 Å². The van der Waals surface area contributed by atoms with E-state index in [4.69, 9.17) is 14.5 Å². The molecule has 5 aliphatic heterocycles. The van der Waals surface area contributed by atoms with Crippen molar-refractivity contribution in [1.29, 1.82) is 0 Å². The van der Waals surface area contributed by atoms with Gasteiger partial charge < -0.3 is 25.0 Å². The zero-order valence-electron chi connectivity index (χ0n) is 35.6. The van der Waals surface area contributed by atoms with Crippen LogP contribution in [-0.4, -0.2) is 94.4 Å². The van der Waals surface area contributed by atoms with Crippen molar-refractivity contribution in [3.05, 3.63) is 88.8 Å². The van der Waals surface area contributed by atoms with Gasteiger partial charge in [-0.15, -0.1) is 0 Å². The molecule has 0 aliphatic carbocycles. The lowest BCUT2D eigenvalue weighted by atomic mass is 9.85. The first-order valence-corrected chi connectivity index (χ1v) is 21.7. The predicted molar refractivity (Wildman–Crippen MR) is 234 cm³/mol. The summed E-state index contributed by atoms with van der Waals surface area (Å²) in [6.07, 6.45) is 11.0. The van der Waals surface area contributed by atoms with Gasteiger partial charge in [0.15, 0.2) is 5.82 Å². The molecule has 3 N–H and O–H groups in total. The van der Waals surface area contributed by atoms with Gasteiger partial charge in [0.2, 0.25) is 5.91 Å². The highest BCUT2D eigenvalue weighted by Gasteiger charge is 2.38. The zero-order chi connectivity index (χ0) is 42.4. The fourth-order valence-electron chi connectivity index (χ4n) is 9.50. The van der Waals surface area contributed by atoms with Crippen molar-refractivity contribution in [2.45, 2.75) is 90.3 Å². The first-order chi connectivity index (χ1) is 29.4. The molecule has 0 spiro atoms. The number of aromatic nitrogens is 4. The number of urea groups is 1. The van der Waals surface area contributed by atoms with Crippen molar-refractivity contribution in [1.82, 2.24) is 35.6 Å². The SMILES string of the molecule is Cc1cc(-c2ncnc3c2C2N=CC(C4CCN(CC5CCN(c6ccc(N7CCC(=O)NC7=O)cc6)CC5)CC4)=CC2N3)ccc1[C@@H](C)NC(=O)c1nc(C(C)(C)C)no1. The van der Waals surface area contributed by atoms with Crippen LogP contribution in [0.25, 0.3) is 11.3 Å². The maximum absolute atomic E-state index is 13.0. The summed E-state index contributed by atoms with van der Waals surface area (Å²) < 4.78 is 5.26. The van der Waals surface area contributed by atoms with E-state index in [0.29, 0.717) is 30.6 Å². The molecule has 3 atom stereocenters. The van der Waals surface area contributed by atoms with E-state index in [9.17, 15) is 14.4 Å². The molecule has 0 saturated carbocycles. The number of dihydropyridines is 1. The number of nitrogens with one attached hydrogen (secondary N) is 3. The van der Waals surface area contributed by atoms with Crippen LogP contribution in [0, 0.1) is 18.8 Å². The van der Waals surface area contributed by atoms with E-state index in [0.717, 1.165) is 85.0 Å². The molecule has 15 nitrogen and oxygen atoms in total. The molecule has 2 aromatic carbocycles. The Morgan fingerprint density at radius 2 is 1.72 bits per heavy atom. The number of aliphatic imine (C=N–C) groups is 1. The van der Waals surface area contributed by atoms with Crippen LogP contribution < -0.4 is 25.8 Å². The molecule has 61 heavy (non-hydrogen) atoms. The molecule has 3 saturated heterocycles. The van der Waals surface area contributed by atoms with Crippen molar-refractivity contribution in [2.75, 3.05) is 54.4 Å². The Kier molecular flexibility index (Phi) is 10.9. The van der Waals surface area contributed by atoms with E-state index in [-0.39, 0.29) is 41.4 Å². The second-order valence-corrected chi connectivity index (χ2v) is 18.3. The van der Waals surface area contributed by atoms with Crippen molar-refractivity contribution < 1.29 is 18.9 Å². The van der Waals surface area contributed by atoms with Crippen LogP contribution in [0.1, 0.15) is 105 Å². The smallest absolute Gasteiger partial charge is 0.328 e. The van der Waals surface area contributed by atoms with Crippen LogP contribution >= 0.6 is 0 Å². The van der Waals surface area contributed by atoms with Gasteiger partial charge in [-0.1, -0.05) is 44.1 Å². The highest BCUT2D eigenvalue weighted by molar-refractivity contribution is 6.05. The molecule has 5 aliphatic rings. The Labute approximate surface area is 356 Å². The quantitative estimate of drug-likeness (QED) is 0.167. The maximum Gasteiger partial charge on any atom is 0.328 e. The summed E-state index contributed by atoms with van der Waals surface area (Å²) in [5.41, 5.74) is 7.87. The van der Waals surface area contributed by atoms with Gasteiger partial charge in [0.1, 0.15) is 18.2 Å². The molecular weight excluding hydrogens is 771 g/mol. The standard InChI is InChI=1S/C46H55N11O4/c1-27-22-31(6-11-35(27)28(2)50-42(59)43-53-44(54-61-43)46(3,4)5)39-38-40-36(51-41(38)49-26-48-39)23-32(24-47-40)30-14-17-55(18-15-30)25-29-12-19-56(20-13-29)33-7-9-34(10-8-33)57-21-16-37(58)52-45(57)60/h6-11,22-24,26,28-30,36,40H,12-21,25H2,1-5H3,(H,50,59)(H,48,49,51)(H,52,58,60)/t28-,36?,40?/m1/s1. The number of nitrogens with zero attached hydrogens (tertiary/aromatic N) is 8. The van der Waals surface area contributed by atoms with Crippen LogP contribution in [0.15, 0.2) is 70.0 Å². The van der Waals surface area contributed by atoms with Crippen LogP contribution in [0.4, 0.5) is 22.0 Å². The number of hydrogen-bond acceptors (Lipinski definition) is 12. The van der Waals surface area contributed by atoms with Crippen LogP contribution in [0.2, 0.25) is 0 Å². The minimum absolute atomic E-state index is 0.0268. The number of allylic oxidation sites excluding steroid dienone is 1. The van der Waals surface area contributed by atoms with E-state index in [1.165, 1.54) is 24.1 Å². The lowest BCUT2D eigenvalue weighted by Gasteiger charge is -2.39. The molecule has 2 unspecified atom stereocenters. The third-order valence-corrected chi connectivity index (χ3v) is 13.0. The number of rotatable bonds is 9. The Balaban J connectivity index is 0.765. The molecule has 15 heteroatoms. The maximum atomic E-state index is 13.0. The van der Waals surface area contributed by atoms with Gasteiger partial charge in [-0.3, -0.25) is 24.8 Å². The number of fused-ring (bicyclic) bond motifs is 3. The van der Waals surface area contributed by atoms with Crippen molar-refractivity contribution >= 4 is 41.3 Å². The van der Waals surface area contributed by atoms with Crippen molar-refractivity contribution in [3.63, 3.8) is 0 Å². The summed E-state index contributed by atoms with van der Waals surface area (Å²) in [7, 11) is 0. The zero-order valence-corrected chi connectivity index (χ0v) is 35.6. The molecule has 318 valence electrons. The van der Waals surface area contributed by atoms with Gasteiger partial charge in [0.25, 0.3) is 0 Å². The molecule has 2 aromatic heterocycles. The molecule has 3 fully saturated rings. The fraction of sp³-hybridized carbons (Fsp3) is 0.478. The van der Waals surface area contributed by atoms with E-state index in [1.54, 1.807) is 11.2 Å². The average molecular weight is 826 g/mol. The highest BCUT2D eigenvalue weighted by atomic mass is 16.5. The van der Waals surface area contributed by atoms with E-state index < -0.39 is 5.91 Å². The number of benzene rings is 2. The number of carbonyl (C=O) groups excluding carboxylic acids is 3. The number of likely N-dealkylation sites (tertiary alicyclic amines) is 1. The number of hydrogen-bond donors (Lipinski definition) is 3. The number of anilines is 3. The summed E-state index contributed by atoms with van der Waals surface area (Å²) in [5, 5.41) is 13.1. The Morgan fingerprint density at radius 3 is 2.43 bits per heavy atom. The normalized spacial score (nSPS) is 21.7. The minimum Gasteiger partial charge on any atom is -0.372 e. The Morgan fingerprint density at radius 1 is 0.967 bits per heavy atom.